The molecule has 4 rings (SSSR count). The number of halogens is 1. The van der Waals surface area contributed by atoms with Crippen molar-refractivity contribution in [2.24, 2.45) is 0 Å². The topological polar surface area (TPSA) is 51.5 Å². The van der Waals surface area contributed by atoms with Gasteiger partial charge in [0.25, 0.3) is 10.0 Å². The van der Waals surface area contributed by atoms with Gasteiger partial charge in [0.15, 0.2) is 0 Å². The first-order chi connectivity index (χ1) is 13.9. The Bertz CT molecular complexity index is 1300. The lowest BCUT2D eigenvalue weighted by Gasteiger charge is -2.09. The summed E-state index contributed by atoms with van der Waals surface area (Å²) in [5, 5.41) is 2.82. The molecule has 7 heteroatoms. The van der Waals surface area contributed by atoms with Crippen molar-refractivity contribution in [3.8, 4) is 5.75 Å². The van der Waals surface area contributed by atoms with Crippen LogP contribution in [0.5, 0.6) is 5.75 Å². The molecule has 0 aliphatic rings. The fourth-order valence-corrected chi connectivity index (χ4v) is 4.98. The summed E-state index contributed by atoms with van der Waals surface area (Å²) in [6.45, 7) is 0.826. The van der Waals surface area contributed by atoms with Crippen LogP contribution >= 0.6 is 12.4 Å². The fourth-order valence-electron chi connectivity index (χ4n) is 3.56. The molecule has 0 N–H and O–H groups in total. The molecular formula is C23H25ClN2O3S. The van der Waals surface area contributed by atoms with Crippen molar-refractivity contribution >= 4 is 44.1 Å². The van der Waals surface area contributed by atoms with Gasteiger partial charge in [-0.2, -0.15) is 0 Å². The van der Waals surface area contributed by atoms with Crippen LogP contribution < -0.4 is 4.74 Å². The molecule has 0 saturated carbocycles. The zero-order valence-corrected chi connectivity index (χ0v) is 18.8. The van der Waals surface area contributed by atoms with Gasteiger partial charge >= 0.3 is 0 Å². The molecule has 0 fully saturated rings. The molecule has 1 heterocycles. The molecule has 0 aliphatic heterocycles. The number of nitrogens with zero attached hydrogens (tertiary/aromatic N) is 2. The van der Waals surface area contributed by atoms with Gasteiger partial charge in [-0.1, -0.05) is 30.3 Å². The van der Waals surface area contributed by atoms with Crippen LogP contribution in [0.3, 0.4) is 0 Å². The molecule has 0 amide bonds. The maximum absolute atomic E-state index is 13.5. The normalized spacial score (nSPS) is 11.7. The average Bonchev–Trinajstić information content (AvgIpc) is 3.10. The van der Waals surface area contributed by atoms with Crippen LogP contribution in [0.4, 0.5) is 0 Å². The lowest BCUT2D eigenvalue weighted by molar-refractivity contribution is 0.413. The molecule has 0 spiro atoms. The standard InChI is InChI=1S/C23H24N2O3S.ClH/c1-24(2)13-12-19-16-25(23-11-9-20(28-3)15-22(19)23)29(26,27)21-10-8-17-6-4-5-7-18(17)14-21;/h4-11,14-16H,12-13H2,1-3H3;1H. The van der Waals surface area contributed by atoms with E-state index < -0.39 is 10.0 Å². The Morgan fingerprint density at radius 1 is 0.967 bits per heavy atom. The largest absolute Gasteiger partial charge is 0.497 e. The van der Waals surface area contributed by atoms with Crippen molar-refractivity contribution in [3.05, 3.63) is 72.4 Å². The Morgan fingerprint density at radius 3 is 2.40 bits per heavy atom. The van der Waals surface area contributed by atoms with Gasteiger partial charge < -0.3 is 9.64 Å². The highest BCUT2D eigenvalue weighted by atomic mass is 35.5. The van der Waals surface area contributed by atoms with Crippen molar-refractivity contribution in [1.82, 2.24) is 8.87 Å². The maximum atomic E-state index is 13.5. The summed E-state index contributed by atoms with van der Waals surface area (Å²) in [5.41, 5.74) is 1.64. The lowest BCUT2D eigenvalue weighted by Crippen LogP contribution is -2.15. The number of benzene rings is 3. The first-order valence-electron chi connectivity index (χ1n) is 9.47. The molecule has 30 heavy (non-hydrogen) atoms. The van der Waals surface area contributed by atoms with E-state index in [0.29, 0.717) is 11.3 Å². The Kier molecular flexibility index (Phi) is 6.41. The van der Waals surface area contributed by atoms with E-state index in [-0.39, 0.29) is 17.3 Å². The SMILES string of the molecule is COc1ccc2c(c1)c(CCN(C)C)cn2S(=O)(=O)c1ccc2ccccc2c1.Cl. The van der Waals surface area contributed by atoms with Crippen LogP contribution in [0.1, 0.15) is 5.56 Å². The Hall–Kier alpha value is -2.54. The molecule has 5 nitrogen and oxygen atoms in total. The van der Waals surface area contributed by atoms with E-state index in [2.05, 4.69) is 4.90 Å². The predicted octanol–water partition coefficient (Wildman–Crippen LogP) is 4.57. The van der Waals surface area contributed by atoms with Crippen molar-refractivity contribution in [2.75, 3.05) is 27.7 Å². The Labute approximate surface area is 183 Å². The third-order valence-electron chi connectivity index (χ3n) is 5.17. The Balaban J connectivity index is 0.00000256. The molecule has 0 aliphatic carbocycles. The maximum Gasteiger partial charge on any atom is 0.268 e. The number of likely N-dealkylation sites (N-methyl/N-ethyl adjacent to an activating group) is 1. The number of ether oxygens (including phenoxy) is 1. The molecule has 0 bridgehead atoms. The lowest BCUT2D eigenvalue weighted by atomic mass is 10.1. The number of rotatable bonds is 6. The van der Waals surface area contributed by atoms with E-state index in [1.807, 2.05) is 56.6 Å². The molecule has 4 aromatic rings. The minimum absolute atomic E-state index is 0. The first-order valence-corrected chi connectivity index (χ1v) is 10.9. The third-order valence-corrected chi connectivity index (χ3v) is 6.84. The zero-order chi connectivity index (χ0) is 20.6. The summed E-state index contributed by atoms with van der Waals surface area (Å²) >= 11 is 0. The number of aromatic nitrogens is 1. The summed E-state index contributed by atoms with van der Waals surface area (Å²) < 4.78 is 33.8. The van der Waals surface area contributed by atoms with Gasteiger partial charge in [0, 0.05) is 18.1 Å². The van der Waals surface area contributed by atoms with Crippen LogP contribution in [0.2, 0.25) is 0 Å². The van der Waals surface area contributed by atoms with Crippen LogP contribution in [0, 0.1) is 0 Å². The van der Waals surface area contributed by atoms with Crippen LogP contribution in [0.15, 0.2) is 71.8 Å². The van der Waals surface area contributed by atoms with Gasteiger partial charge in [0.2, 0.25) is 0 Å². The molecule has 3 aromatic carbocycles. The third kappa shape index (κ3) is 4.03. The second-order valence-corrected chi connectivity index (χ2v) is 9.22. The molecular weight excluding hydrogens is 420 g/mol. The molecule has 1 aromatic heterocycles. The summed E-state index contributed by atoms with van der Waals surface area (Å²) in [5.74, 6) is 0.712. The van der Waals surface area contributed by atoms with Crippen molar-refractivity contribution in [1.29, 1.82) is 0 Å². The molecule has 0 unspecified atom stereocenters. The fraction of sp³-hybridized carbons (Fsp3) is 0.217. The minimum atomic E-state index is -3.73. The van der Waals surface area contributed by atoms with Gasteiger partial charge in [-0.25, -0.2) is 12.4 Å². The summed E-state index contributed by atoms with van der Waals surface area (Å²) in [6, 6.07) is 18.5. The van der Waals surface area contributed by atoms with Crippen LogP contribution in [0.25, 0.3) is 21.7 Å². The molecule has 0 saturated heterocycles. The second kappa shape index (κ2) is 8.68. The van der Waals surface area contributed by atoms with E-state index in [1.54, 1.807) is 31.5 Å². The highest BCUT2D eigenvalue weighted by Crippen LogP contribution is 2.30. The summed E-state index contributed by atoms with van der Waals surface area (Å²) in [6.07, 6.45) is 2.50. The van der Waals surface area contributed by atoms with Gasteiger partial charge in [-0.15, -0.1) is 12.4 Å². The smallest absolute Gasteiger partial charge is 0.268 e. The summed E-state index contributed by atoms with van der Waals surface area (Å²) in [7, 11) is 1.89. The van der Waals surface area contributed by atoms with E-state index in [4.69, 9.17) is 4.74 Å². The van der Waals surface area contributed by atoms with E-state index in [0.717, 1.165) is 34.7 Å². The van der Waals surface area contributed by atoms with Crippen molar-refractivity contribution in [3.63, 3.8) is 0 Å². The van der Waals surface area contributed by atoms with Gasteiger partial charge in [0.05, 0.1) is 17.5 Å². The van der Waals surface area contributed by atoms with Gasteiger partial charge in [-0.05, 0) is 67.2 Å². The monoisotopic (exact) mass is 444 g/mol. The highest BCUT2D eigenvalue weighted by molar-refractivity contribution is 7.90. The number of fused-ring (bicyclic) bond motifs is 2. The molecule has 158 valence electrons. The van der Waals surface area contributed by atoms with Gasteiger partial charge in [-0.3, -0.25) is 0 Å². The van der Waals surface area contributed by atoms with Crippen LogP contribution in [-0.2, 0) is 16.4 Å². The predicted molar refractivity (Wildman–Crippen MR) is 125 cm³/mol. The minimum Gasteiger partial charge on any atom is -0.497 e. The average molecular weight is 445 g/mol. The second-order valence-electron chi connectivity index (χ2n) is 7.40. The Morgan fingerprint density at radius 2 is 1.70 bits per heavy atom. The number of hydrogen-bond acceptors (Lipinski definition) is 4. The van der Waals surface area contributed by atoms with Crippen LogP contribution in [-0.4, -0.2) is 45.0 Å². The summed E-state index contributed by atoms with van der Waals surface area (Å²) in [4.78, 5) is 2.37. The number of methoxy groups -OCH3 is 1. The molecule has 0 radical (unpaired) electrons. The van der Waals surface area contributed by atoms with E-state index in [1.165, 1.54) is 3.97 Å². The van der Waals surface area contributed by atoms with E-state index >= 15 is 0 Å². The molecule has 0 atom stereocenters. The zero-order valence-electron chi connectivity index (χ0n) is 17.2. The highest BCUT2D eigenvalue weighted by Gasteiger charge is 2.22. The first kappa shape index (κ1) is 22.2. The van der Waals surface area contributed by atoms with Crippen molar-refractivity contribution in [2.45, 2.75) is 11.3 Å². The van der Waals surface area contributed by atoms with Crippen molar-refractivity contribution < 1.29 is 13.2 Å². The quantitative estimate of drug-likeness (QED) is 0.437. The van der Waals surface area contributed by atoms with Gasteiger partial charge in [0.1, 0.15) is 5.75 Å². The number of hydrogen-bond donors (Lipinski definition) is 0. The van der Waals surface area contributed by atoms with E-state index in [9.17, 15) is 8.42 Å².